The van der Waals surface area contributed by atoms with E-state index >= 15 is 0 Å². The standard InChI is InChI=1S/C14H21NO8.H3N/c16-10(17)7-15(8-11(18)19,9-12(20)21)14(13(22)23)5-3-1-2-4-6-14;/h1-9H2,(H3-,16,17,18,19,20,21,22,23);1H3/p+1. The summed E-state index contributed by atoms with van der Waals surface area (Å²) in [5.41, 5.74) is -1.72. The topological polar surface area (TPSA) is 184 Å². The van der Waals surface area contributed by atoms with Crippen LogP contribution in [0.5, 0.6) is 0 Å². The van der Waals surface area contributed by atoms with Gasteiger partial charge in [0.05, 0.1) is 0 Å². The first-order valence-corrected chi connectivity index (χ1v) is 7.40. The third-order valence-corrected chi connectivity index (χ3v) is 4.55. The van der Waals surface area contributed by atoms with Gasteiger partial charge in [-0.25, -0.2) is 19.2 Å². The van der Waals surface area contributed by atoms with Crippen molar-refractivity contribution in [3.63, 3.8) is 0 Å². The third-order valence-electron chi connectivity index (χ3n) is 4.55. The molecule has 0 atom stereocenters. The fourth-order valence-corrected chi connectivity index (χ4v) is 3.60. The van der Waals surface area contributed by atoms with Crippen molar-refractivity contribution in [3.8, 4) is 0 Å². The van der Waals surface area contributed by atoms with Crippen molar-refractivity contribution in [2.75, 3.05) is 19.6 Å². The van der Waals surface area contributed by atoms with E-state index in [9.17, 15) is 39.6 Å². The van der Waals surface area contributed by atoms with Crippen LogP contribution in [0.4, 0.5) is 0 Å². The lowest BCUT2D eigenvalue weighted by Gasteiger charge is -2.48. The second-order valence-corrected chi connectivity index (χ2v) is 6.05. The molecule has 7 N–H and O–H groups in total. The van der Waals surface area contributed by atoms with Gasteiger partial charge in [0.2, 0.25) is 0 Å². The Labute approximate surface area is 138 Å². The molecule has 0 aliphatic heterocycles. The van der Waals surface area contributed by atoms with E-state index in [0.29, 0.717) is 12.8 Å². The van der Waals surface area contributed by atoms with Gasteiger partial charge in [0.1, 0.15) is 0 Å². The van der Waals surface area contributed by atoms with Gasteiger partial charge in [-0.2, -0.15) is 0 Å². The molecule has 138 valence electrons. The van der Waals surface area contributed by atoms with Crippen LogP contribution >= 0.6 is 0 Å². The number of hydrogen-bond acceptors (Lipinski definition) is 5. The molecule has 0 aromatic carbocycles. The second-order valence-electron chi connectivity index (χ2n) is 6.05. The number of quaternary nitrogens is 1. The second kappa shape index (κ2) is 8.60. The summed E-state index contributed by atoms with van der Waals surface area (Å²) in [6.07, 6.45) is 2.62. The van der Waals surface area contributed by atoms with Gasteiger partial charge in [0.25, 0.3) is 0 Å². The van der Waals surface area contributed by atoms with Gasteiger partial charge in [0.15, 0.2) is 25.2 Å². The average molecular weight is 349 g/mol. The molecule has 1 aliphatic rings. The minimum absolute atomic E-state index is 0. The van der Waals surface area contributed by atoms with Crippen LogP contribution in [0, 0.1) is 0 Å². The van der Waals surface area contributed by atoms with Gasteiger partial charge in [-0.05, 0) is 12.8 Å². The maximum absolute atomic E-state index is 12.0. The lowest BCUT2D eigenvalue weighted by atomic mass is 9.84. The van der Waals surface area contributed by atoms with Gasteiger partial charge in [-0.1, -0.05) is 12.8 Å². The summed E-state index contributed by atoms with van der Waals surface area (Å²) in [7, 11) is 0. The normalized spacial score (nSPS) is 17.2. The van der Waals surface area contributed by atoms with Crippen molar-refractivity contribution in [1.29, 1.82) is 0 Å². The van der Waals surface area contributed by atoms with E-state index in [0.717, 1.165) is 12.8 Å². The Morgan fingerprint density at radius 3 is 1.29 bits per heavy atom. The Bertz CT molecular complexity index is 456. The quantitative estimate of drug-likeness (QED) is 0.305. The predicted molar refractivity (Wildman–Crippen MR) is 80.9 cm³/mol. The fourth-order valence-electron chi connectivity index (χ4n) is 3.60. The van der Waals surface area contributed by atoms with Crippen molar-refractivity contribution in [1.82, 2.24) is 6.15 Å². The highest BCUT2D eigenvalue weighted by atomic mass is 16.4. The van der Waals surface area contributed by atoms with Crippen LogP contribution in [-0.4, -0.2) is 74.0 Å². The summed E-state index contributed by atoms with van der Waals surface area (Å²) in [5.74, 6) is -5.59. The first kappa shape index (κ1) is 21.8. The zero-order valence-electron chi connectivity index (χ0n) is 13.4. The largest absolute Gasteiger partial charge is 0.477 e. The molecule has 1 fully saturated rings. The number of carboxylic acids is 4. The fraction of sp³-hybridized carbons (Fsp3) is 0.714. The predicted octanol–water partition coefficient (Wildman–Crippen LogP) is 0.397. The molecule has 0 amide bonds. The van der Waals surface area contributed by atoms with Crippen molar-refractivity contribution in [2.24, 2.45) is 0 Å². The highest BCUT2D eigenvalue weighted by Crippen LogP contribution is 2.38. The molecule has 10 heteroatoms. The van der Waals surface area contributed by atoms with Crippen LogP contribution in [-0.2, 0) is 19.2 Å². The Balaban J connectivity index is 0.00000529. The molecule has 1 aliphatic carbocycles. The molecule has 0 unspecified atom stereocenters. The monoisotopic (exact) mass is 349 g/mol. The zero-order chi connectivity index (χ0) is 17.7. The maximum Gasteiger partial charge on any atom is 0.365 e. The van der Waals surface area contributed by atoms with E-state index in [4.69, 9.17) is 0 Å². The van der Waals surface area contributed by atoms with Crippen molar-refractivity contribution in [2.45, 2.75) is 44.1 Å². The van der Waals surface area contributed by atoms with Crippen molar-refractivity contribution >= 4 is 23.9 Å². The van der Waals surface area contributed by atoms with Crippen LogP contribution in [0.15, 0.2) is 0 Å². The molecule has 0 saturated heterocycles. The molecule has 0 radical (unpaired) electrons. The van der Waals surface area contributed by atoms with Crippen LogP contribution in [0.25, 0.3) is 0 Å². The summed E-state index contributed by atoms with van der Waals surface area (Å²) in [5, 5.41) is 37.3. The molecule has 0 spiro atoms. The van der Waals surface area contributed by atoms with E-state index in [1.807, 2.05) is 0 Å². The molecule has 10 nitrogen and oxygen atoms in total. The maximum atomic E-state index is 12.0. The lowest BCUT2D eigenvalue weighted by Crippen LogP contribution is -2.72. The minimum Gasteiger partial charge on any atom is -0.477 e. The molecule has 0 aromatic rings. The molecule has 1 saturated carbocycles. The van der Waals surface area contributed by atoms with Gasteiger partial charge >= 0.3 is 23.9 Å². The Hall–Kier alpha value is -2.20. The summed E-state index contributed by atoms with van der Waals surface area (Å²) in [6, 6.07) is 0. The smallest absolute Gasteiger partial charge is 0.365 e. The molecular formula is C14H25N2O8+. The van der Waals surface area contributed by atoms with Crippen LogP contribution in [0.3, 0.4) is 0 Å². The molecule has 1 rings (SSSR count). The Morgan fingerprint density at radius 1 is 0.708 bits per heavy atom. The van der Waals surface area contributed by atoms with E-state index in [1.54, 1.807) is 0 Å². The van der Waals surface area contributed by atoms with Crippen molar-refractivity contribution in [3.05, 3.63) is 0 Å². The highest BCUT2D eigenvalue weighted by molar-refractivity contribution is 5.80. The van der Waals surface area contributed by atoms with Crippen LogP contribution in [0.2, 0.25) is 0 Å². The van der Waals surface area contributed by atoms with Gasteiger partial charge in [-0.3, -0.25) is 4.48 Å². The number of rotatable bonds is 8. The SMILES string of the molecule is N.O=C(O)C[N+](CC(=O)O)(CC(=O)O)C1(C(=O)O)CCCCCC1. The number of carbonyl (C=O) groups is 4. The van der Waals surface area contributed by atoms with Crippen LogP contribution in [0.1, 0.15) is 38.5 Å². The molecule has 0 heterocycles. The van der Waals surface area contributed by atoms with Gasteiger partial charge in [0, 0.05) is 12.8 Å². The van der Waals surface area contributed by atoms with E-state index in [-0.39, 0.29) is 19.0 Å². The first-order chi connectivity index (χ1) is 10.6. The van der Waals surface area contributed by atoms with E-state index in [2.05, 4.69) is 0 Å². The summed E-state index contributed by atoms with van der Waals surface area (Å²) < 4.78 is -1.01. The number of hydrogen-bond donors (Lipinski definition) is 5. The Morgan fingerprint density at radius 2 is 1.04 bits per heavy atom. The number of nitrogens with zero attached hydrogens (tertiary/aromatic N) is 1. The third kappa shape index (κ3) is 4.65. The summed E-state index contributed by atoms with van der Waals surface area (Å²) >= 11 is 0. The lowest BCUT2D eigenvalue weighted by molar-refractivity contribution is -0.949. The number of carboxylic acid groups (broad SMARTS) is 4. The van der Waals surface area contributed by atoms with Gasteiger partial charge in [-0.15, -0.1) is 0 Å². The minimum atomic E-state index is -1.72. The van der Waals surface area contributed by atoms with Crippen molar-refractivity contribution < 1.29 is 44.1 Å². The zero-order valence-corrected chi connectivity index (χ0v) is 13.4. The Kier molecular flexibility index (Phi) is 7.81. The van der Waals surface area contributed by atoms with Gasteiger partial charge < -0.3 is 26.6 Å². The van der Waals surface area contributed by atoms with E-state index in [1.165, 1.54) is 0 Å². The molecular weight excluding hydrogens is 324 g/mol. The molecule has 0 bridgehead atoms. The van der Waals surface area contributed by atoms with Crippen LogP contribution < -0.4 is 6.15 Å². The first-order valence-electron chi connectivity index (χ1n) is 7.40. The number of aliphatic carboxylic acids is 4. The van der Waals surface area contributed by atoms with E-state index < -0.39 is 53.5 Å². The summed E-state index contributed by atoms with van der Waals surface area (Å²) in [4.78, 5) is 45.9. The summed E-state index contributed by atoms with van der Waals surface area (Å²) in [6.45, 7) is -2.57. The highest BCUT2D eigenvalue weighted by Gasteiger charge is 2.59. The molecule has 0 aromatic heterocycles. The average Bonchev–Trinajstić information content (AvgIpc) is 2.62. The molecule has 24 heavy (non-hydrogen) atoms.